The number of fused-ring (bicyclic) bond motifs is 4. The Balaban J connectivity index is 2.05. The highest BCUT2D eigenvalue weighted by Crippen LogP contribution is 2.30. The zero-order chi connectivity index (χ0) is 16.3. The van der Waals surface area contributed by atoms with Crippen LogP contribution in [-0.4, -0.2) is 16.0 Å². The second-order valence-electron chi connectivity index (χ2n) is 5.87. The van der Waals surface area contributed by atoms with Crippen LogP contribution in [-0.2, 0) is 0 Å². The molecular formula is C20H14N2O2. The van der Waals surface area contributed by atoms with Crippen molar-refractivity contribution in [3.05, 3.63) is 65.0 Å². The summed E-state index contributed by atoms with van der Waals surface area (Å²) < 4.78 is 7.27. The molecule has 0 N–H and O–H groups in total. The number of nitrogens with zero attached hydrogens (tertiary/aromatic N) is 2. The summed E-state index contributed by atoms with van der Waals surface area (Å²) in [6, 6.07) is 17.6. The van der Waals surface area contributed by atoms with Gasteiger partial charge in [-0.2, -0.15) is 0 Å². The summed E-state index contributed by atoms with van der Waals surface area (Å²) in [6.45, 7) is 2.55. The molecule has 4 heteroatoms. The predicted octanol–water partition coefficient (Wildman–Crippen LogP) is 3.99. The van der Waals surface area contributed by atoms with Crippen molar-refractivity contribution < 1.29 is 4.74 Å². The van der Waals surface area contributed by atoms with Crippen LogP contribution in [0.5, 0.6) is 5.75 Å². The number of hydrogen-bond acceptors (Lipinski definition) is 3. The Bertz CT molecular complexity index is 1280. The molecule has 2 aromatic heterocycles. The van der Waals surface area contributed by atoms with Crippen LogP contribution in [0.15, 0.2) is 59.4 Å². The highest BCUT2D eigenvalue weighted by Gasteiger charge is 2.15. The van der Waals surface area contributed by atoms with Crippen molar-refractivity contribution in [1.82, 2.24) is 9.38 Å². The van der Waals surface area contributed by atoms with Gasteiger partial charge in [-0.3, -0.25) is 9.20 Å². The van der Waals surface area contributed by atoms with E-state index in [1.54, 1.807) is 4.40 Å². The van der Waals surface area contributed by atoms with Crippen LogP contribution in [0.3, 0.4) is 0 Å². The molecule has 5 aromatic rings. The maximum atomic E-state index is 13.1. The van der Waals surface area contributed by atoms with Crippen molar-refractivity contribution in [2.45, 2.75) is 6.92 Å². The fourth-order valence-electron chi connectivity index (χ4n) is 3.53. The highest BCUT2D eigenvalue weighted by atomic mass is 16.5. The average molecular weight is 314 g/mol. The molecule has 0 saturated carbocycles. The Kier molecular flexibility index (Phi) is 2.59. The van der Waals surface area contributed by atoms with Gasteiger partial charge in [0.25, 0.3) is 5.56 Å². The van der Waals surface area contributed by atoms with Crippen molar-refractivity contribution in [1.29, 1.82) is 0 Å². The number of hydrogen-bond donors (Lipinski definition) is 0. The number of aromatic nitrogens is 2. The smallest absolute Gasteiger partial charge is 0.264 e. The van der Waals surface area contributed by atoms with Crippen molar-refractivity contribution in [3.63, 3.8) is 0 Å². The fourth-order valence-corrected chi connectivity index (χ4v) is 3.53. The first-order valence-electron chi connectivity index (χ1n) is 8.00. The minimum Gasteiger partial charge on any atom is -0.494 e. The minimum atomic E-state index is -0.0269. The molecule has 0 fully saturated rings. The molecule has 4 nitrogen and oxygen atoms in total. The first-order chi connectivity index (χ1) is 11.8. The zero-order valence-electron chi connectivity index (χ0n) is 13.1. The minimum absolute atomic E-state index is 0.0269. The summed E-state index contributed by atoms with van der Waals surface area (Å²) in [6.07, 6.45) is 0. The van der Waals surface area contributed by atoms with Crippen LogP contribution >= 0.6 is 0 Å². The van der Waals surface area contributed by atoms with Crippen LogP contribution in [0.2, 0.25) is 0 Å². The number of benzene rings is 3. The van der Waals surface area contributed by atoms with E-state index in [0.29, 0.717) is 12.3 Å². The maximum absolute atomic E-state index is 13.1. The lowest BCUT2D eigenvalue weighted by molar-refractivity contribution is 0.340. The summed E-state index contributed by atoms with van der Waals surface area (Å²) in [4.78, 5) is 17.8. The Morgan fingerprint density at radius 3 is 2.62 bits per heavy atom. The Labute approximate surface area is 137 Å². The summed E-state index contributed by atoms with van der Waals surface area (Å²) in [7, 11) is 0. The van der Waals surface area contributed by atoms with E-state index < -0.39 is 0 Å². The molecule has 24 heavy (non-hydrogen) atoms. The molecule has 2 heterocycles. The Hall–Kier alpha value is -3.14. The van der Waals surface area contributed by atoms with Gasteiger partial charge in [-0.05, 0) is 30.5 Å². The molecule has 0 saturated heterocycles. The number of pyridine rings is 1. The summed E-state index contributed by atoms with van der Waals surface area (Å²) in [5, 5.41) is 3.77. The molecule has 3 aromatic carbocycles. The quantitative estimate of drug-likeness (QED) is 0.495. The van der Waals surface area contributed by atoms with Crippen LogP contribution in [0, 0.1) is 0 Å². The van der Waals surface area contributed by atoms with Crippen LogP contribution in [0.4, 0.5) is 0 Å². The van der Waals surface area contributed by atoms with E-state index in [1.165, 1.54) is 0 Å². The number of ether oxygens (including phenoxy) is 1. The van der Waals surface area contributed by atoms with E-state index in [-0.39, 0.29) is 5.56 Å². The van der Waals surface area contributed by atoms with Gasteiger partial charge in [-0.1, -0.05) is 30.3 Å². The molecule has 5 rings (SSSR count). The third-order valence-electron chi connectivity index (χ3n) is 4.52. The van der Waals surface area contributed by atoms with Crippen LogP contribution in [0.25, 0.3) is 38.2 Å². The van der Waals surface area contributed by atoms with Crippen molar-refractivity contribution in [2.75, 3.05) is 6.61 Å². The van der Waals surface area contributed by atoms with E-state index in [1.807, 2.05) is 61.5 Å². The SMILES string of the molecule is CCOc1ccc2c(c1)nc1c3cccc4cccc(c(=O)n21)c43. The normalized spacial score (nSPS) is 11.9. The van der Waals surface area contributed by atoms with Crippen molar-refractivity contribution in [2.24, 2.45) is 0 Å². The van der Waals surface area contributed by atoms with E-state index in [9.17, 15) is 4.79 Å². The van der Waals surface area contributed by atoms with Gasteiger partial charge in [0.15, 0.2) is 0 Å². The molecule has 0 bridgehead atoms. The number of rotatable bonds is 2. The second kappa shape index (κ2) is 4.68. The van der Waals surface area contributed by atoms with Gasteiger partial charge in [0.2, 0.25) is 0 Å². The van der Waals surface area contributed by atoms with Gasteiger partial charge in [-0.15, -0.1) is 0 Å². The first-order valence-corrected chi connectivity index (χ1v) is 8.00. The lowest BCUT2D eigenvalue weighted by Gasteiger charge is -2.06. The van der Waals surface area contributed by atoms with Gasteiger partial charge < -0.3 is 4.74 Å². The van der Waals surface area contributed by atoms with Gasteiger partial charge in [0, 0.05) is 22.2 Å². The average Bonchev–Trinajstić information content (AvgIpc) is 2.99. The fraction of sp³-hybridized carbons (Fsp3) is 0.100. The molecule has 0 aliphatic heterocycles. The summed E-state index contributed by atoms with van der Waals surface area (Å²) >= 11 is 0. The Morgan fingerprint density at radius 2 is 1.83 bits per heavy atom. The third-order valence-corrected chi connectivity index (χ3v) is 4.52. The van der Waals surface area contributed by atoms with Crippen molar-refractivity contribution >= 4 is 38.2 Å². The van der Waals surface area contributed by atoms with Gasteiger partial charge >= 0.3 is 0 Å². The molecule has 0 radical (unpaired) electrons. The molecule has 0 amide bonds. The number of imidazole rings is 1. The largest absolute Gasteiger partial charge is 0.494 e. The van der Waals surface area contributed by atoms with E-state index >= 15 is 0 Å². The van der Waals surface area contributed by atoms with Crippen LogP contribution < -0.4 is 10.3 Å². The lowest BCUT2D eigenvalue weighted by atomic mass is 10.0. The molecule has 0 spiro atoms. The molecular weight excluding hydrogens is 300 g/mol. The predicted molar refractivity (Wildman–Crippen MR) is 96.3 cm³/mol. The monoisotopic (exact) mass is 314 g/mol. The van der Waals surface area contributed by atoms with E-state index in [2.05, 4.69) is 0 Å². The molecule has 0 atom stereocenters. The van der Waals surface area contributed by atoms with Gasteiger partial charge in [0.1, 0.15) is 11.4 Å². The standard InChI is InChI=1S/C20H14N2O2/c1-2-24-13-9-10-17-16(11-13)21-19-14-7-3-5-12-6-4-8-15(18(12)14)20(23)22(17)19/h3-11H,2H2,1H3. The third kappa shape index (κ3) is 1.62. The molecule has 0 unspecified atom stereocenters. The van der Waals surface area contributed by atoms with Crippen LogP contribution in [0.1, 0.15) is 6.92 Å². The topological polar surface area (TPSA) is 43.6 Å². The van der Waals surface area contributed by atoms with Gasteiger partial charge in [0.05, 0.1) is 17.6 Å². The first kappa shape index (κ1) is 13.3. The molecule has 0 aliphatic rings. The van der Waals surface area contributed by atoms with E-state index in [0.717, 1.165) is 38.3 Å². The summed E-state index contributed by atoms with van der Waals surface area (Å²) in [5.41, 5.74) is 2.26. The second-order valence-corrected chi connectivity index (χ2v) is 5.87. The summed E-state index contributed by atoms with van der Waals surface area (Å²) in [5.74, 6) is 0.767. The van der Waals surface area contributed by atoms with Gasteiger partial charge in [-0.25, -0.2) is 4.98 Å². The zero-order valence-corrected chi connectivity index (χ0v) is 13.1. The highest BCUT2D eigenvalue weighted by molar-refractivity contribution is 6.15. The molecule has 116 valence electrons. The van der Waals surface area contributed by atoms with Crippen molar-refractivity contribution in [3.8, 4) is 5.75 Å². The van der Waals surface area contributed by atoms with E-state index in [4.69, 9.17) is 9.72 Å². The maximum Gasteiger partial charge on any atom is 0.264 e. The lowest BCUT2D eigenvalue weighted by Crippen LogP contribution is -2.13. The molecule has 0 aliphatic carbocycles. The Morgan fingerprint density at radius 1 is 1.04 bits per heavy atom.